The van der Waals surface area contributed by atoms with Crippen LogP contribution in [0.5, 0.6) is 0 Å². The van der Waals surface area contributed by atoms with Crippen LogP contribution in [0.2, 0.25) is 10.0 Å². The van der Waals surface area contributed by atoms with Crippen molar-refractivity contribution in [3.63, 3.8) is 0 Å². The third-order valence-corrected chi connectivity index (χ3v) is 6.09. The summed E-state index contributed by atoms with van der Waals surface area (Å²) in [5.41, 5.74) is -1.65. The third-order valence-electron chi connectivity index (χ3n) is 4.55. The van der Waals surface area contributed by atoms with Gasteiger partial charge in [0.05, 0.1) is 17.1 Å². The van der Waals surface area contributed by atoms with Gasteiger partial charge in [-0.15, -0.1) is 11.3 Å². The second-order valence-electron chi connectivity index (χ2n) is 6.19. The molecule has 0 saturated carbocycles. The van der Waals surface area contributed by atoms with Crippen molar-refractivity contribution in [2.75, 3.05) is 6.54 Å². The number of alkyl halides is 3. The van der Waals surface area contributed by atoms with Crippen LogP contribution >= 0.6 is 34.5 Å². The van der Waals surface area contributed by atoms with Crippen LogP contribution in [0.25, 0.3) is 10.2 Å². The summed E-state index contributed by atoms with van der Waals surface area (Å²) in [6.07, 6.45) is -3.08. The fourth-order valence-corrected chi connectivity index (χ4v) is 4.72. The van der Waals surface area contributed by atoms with Crippen LogP contribution in [-0.2, 0) is 5.41 Å². The third kappa shape index (κ3) is 2.90. The van der Waals surface area contributed by atoms with Gasteiger partial charge in [0.1, 0.15) is 10.2 Å². The van der Waals surface area contributed by atoms with Crippen LogP contribution in [-0.4, -0.2) is 23.4 Å². The maximum atomic E-state index is 14.1. The Bertz CT molecular complexity index is 975. The van der Waals surface area contributed by atoms with Gasteiger partial charge in [-0.25, -0.2) is 4.98 Å². The minimum absolute atomic E-state index is 0.0421. The van der Waals surface area contributed by atoms with Gasteiger partial charge in [-0.1, -0.05) is 29.3 Å². The van der Waals surface area contributed by atoms with Gasteiger partial charge in [0, 0.05) is 28.0 Å². The highest BCUT2D eigenvalue weighted by atomic mass is 35.5. The van der Waals surface area contributed by atoms with E-state index in [1.165, 1.54) is 29.5 Å². The molecule has 8 heteroatoms. The minimum Gasteiger partial charge on any atom is -0.287 e. The van der Waals surface area contributed by atoms with Gasteiger partial charge in [-0.3, -0.25) is 4.99 Å². The number of fused-ring (bicyclic) bond motifs is 1. The van der Waals surface area contributed by atoms with Gasteiger partial charge in [0.2, 0.25) is 0 Å². The van der Waals surface area contributed by atoms with Crippen LogP contribution in [0.1, 0.15) is 16.9 Å². The SMILES string of the molecule is FC(F)(F)C1(c2cc(Cl)cc(Cl)c2)CN=C(c2cc3cccnc3s2)C1. The Hall–Kier alpha value is -1.63. The Labute approximate surface area is 161 Å². The van der Waals surface area contributed by atoms with Gasteiger partial charge >= 0.3 is 6.18 Å². The molecule has 0 N–H and O–H groups in total. The molecule has 1 aliphatic heterocycles. The molecule has 1 aliphatic rings. The lowest BCUT2D eigenvalue weighted by atomic mass is 9.77. The molecule has 0 amide bonds. The van der Waals surface area contributed by atoms with Gasteiger partial charge < -0.3 is 0 Å². The molecule has 1 atom stereocenters. The quantitative estimate of drug-likeness (QED) is 0.483. The molecule has 2 aromatic heterocycles. The van der Waals surface area contributed by atoms with E-state index >= 15 is 0 Å². The molecule has 26 heavy (non-hydrogen) atoms. The first kappa shape index (κ1) is 17.8. The summed E-state index contributed by atoms with van der Waals surface area (Å²) in [5, 5.41) is 1.25. The summed E-state index contributed by atoms with van der Waals surface area (Å²) in [6.45, 7) is -0.385. The number of halogens is 5. The van der Waals surface area contributed by atoms with E-state index in [0.29, 0.717) is 10.6 Å². The zero-order chi connectivity index (χ0) is 18.5. The zero-order valence-electron chi connectivity index (χ0n) is 13.1. The number of rotatable bonds is 2. The molecule has 134 valence electrons. The smallest absolute Gasteiger partial charge is 0.287 e. The number of benzene rings is 1. The van der Waals surface area contributed by atoms with Crippen LogP contribution in [0.4, 0.5) is 13.2 Å². The number of aliphatic imine (C=N–C) groups is 1. The number of pyridine rings is 1. The number of hydrogen-bond donors (Lipinski definition) is 0. The van der Waals surface area contributed by atoms with Crippen molar-refractivity contribution < 1.29 is 13.2 Å². The summed E-state index contributed by atoms with van der Waals surface area (Å²) >= 11 is 13.3. The van der Waals surface area contributed by atoms with Crippen LogP contribution in [0, 0.1) is 0 Å². The number of thiophene rings is 1. The summed E-state index contributed by atoms with van der Waals surface area (Å²) < 4.78 is 42.3. The number of nitrogens with zero attached hydrogens (tertiary/aromatic N) is 2. The molecule has 1 unspecified atom stereocenters. The summed E-state index contributed by atoms with van der Waals surface area (Å²) in [5.74, 6) is 0. The van der Waals surface area contributed by atoms with Gasteiger partial charge in [0.25, 0.3) is 0 Å². The van der Waals surface area contributed by atoms with Crippen LogP contribution in [0.3, 0.4) is 0 Å². The van der Waals surface area contributed by atoms with E-state index in [2.05, 4.69) is 9.98 Å². The lowest BCUT2D eigenvalue weighted by Crippen LogP contribution is -2.43. The predicted octanol–water partition coefficient (Wildman–Crippen LogP) is 6.30. The largest absolute Gasteiger partial charge is 0.400 e. The van der Waals surface area contributed by atoms with Crippen molar-refractivity contribution in [1.29, 1.82) is 0 Å². The first-order chi connectivity index (χ1) is 12.3. The van der Waals surface area contributed by atoms with Crippen molar-refractivity contribution in [3.05, 3.63) is 63.1 Å². The van der Waals surface area contributed by atoms with E-state index in [1.807, 2.05) is 12.1 Å². The van der Waals surface area contributed by atoms with Gasteiger partial charge in [0.15, 0.2) is 0 Å². The Morgan fingerprint density at radius 2 is 1.81 bits per heavy atom. The molecular formula is C18H11Cl2F3N2S. The van der Waals surface area contributed by atoms with Crippen LogP contribution < -0.4 is 0 Å². The molecule has 4 rings (SSSR count). The number of aromatic nitrogens is 1. The molecule has 3 aromatic rings. The topological polar surface area (TPSA) is 25.2 Å². The molecule has 0 spiro atoms. The molecule has 3 heterocycles. The molecule has 0 saturated heterocycles. The predicted molar refractivity (Wildman–Crippen MR) is 99.8 cm³/mol. The average Bonchev–Trinajstić information content (AvgIpc) is 3.18. The summed E-state index contributed by atoms with van der Waals surface area (Å²) in [6, 6.07) is 9.58. The Morgan fingerprint density at radius 1 is 1.08 bits per heavy atom. The highest BCUT2D eigenvalue weighted by molar-refractivity contribution is 7.20. The Kier molecular flexibility index (Phi) is 4.25. The molecule has 0 aliphatic carbocycles. The molecule has 0 fully saturated rings. The fourth-order valence-electron chi connectivity index (χ4n) is 3.19. The number of hydrogen-bond acceptors (Lipinski definition) is 3. The van der Waals surface area contributed by atoms with Crippen molar-refractivity contribution in [3.8, 4) is 0 Å². The maximum Gasteiger partial charge on any atom is 0.400 e. The van der Waals surface area contributed by atoms with E-state index in [-0.39, 0.29) is 28.6 Å². The van der Waals surface area contributed by atoms with Gasteiger partial charge in [-0.05, 0) is 35.9 Å². The second kappa shape index (κ2) is 6.22. The standard InChI is InChI=1S/C18H11Cl2F3N2S/c19-12-5-11(6-13(20)7-12)17(18(21,22)23)8-14(25-9-17)15-4-10-2-1-3-24-16(10)26-15/h1-7H,8-9H2. The van der Waals surface area contributed by atoms with E-state index in [4.69, 9.17) is 23.2 Å². The molecule has 0 bridgehead atoms. The maximum absolute atomic E-state index is 14.1. The lowest BCUT2D eigenvalue weighted by Gasteiger charge is -2.31. The van der Waals surface area contributed by atoms with Crippen molar-refractivity contribution in [2.24, 2.45) is 4.99 Å². The highest BCUT2D eigenvalue weighted by Gasteiger charge is 2.58. The van der Waals surface area contributed by atoms with E-state index in [0.717, 1.165) is 10.2 Å². The van der Waals surface area contributed by atoms with E-state index in [9.17, 15) is 13.2 Å². The first-order valence-corrected chi connectivity index (χ1v) is 9.27. The van der Waals surface area contributed by atoms with E-state index < -0.39 is 11.6 Å². The first-order valence-electron chi connectivity index (χ1n) is 7.70. The molecule has 2 nitrogen and oxygen atoms in total. The van der Waals surface area contributed by atoms with Crippen molar-refractivity contribution in [2.45, 2.75) is 18.0 Å². The van der Waals surface area contributed by atoms with E-state index in [1.54, 1.807) is 12.3 Å². The lowest BCUT2D eigenvalue weighted by molar-refractivity contribution is -0.183. The monoisotopic (exact) mass is 414 g/mol. The van der Waals surface area contributed by atoms with Crippen LogP contribution in [0.15, 0.2) is 47.6 Å². The Morgan fingerprint density at radius 3 is 2.46 bits per heavy atom. The summed E-state index contributed by atoms with van der Waals surface area (Å²) in [4.78, 5) is 9.98. The van der Waals surface area contributed by atoms with Crippen molar-refractivity contribution in [1.82, 2.24) is 4.98 Å². The second-order valence-corrected chi connectivity index (χ2v) is 8.09. The van der Waals surface area contributed by atoms with Gasteiger partial charge in [-0.2, -0.15) is 13.2 Å². The molecule has 1 aromatic carbocycles. The Balaban J connectivity index is 1.77. The van der Waals surface area contributed by atoms with Crippen molar-refractivity contribution >= 4 is 50.5 Å². The summed E-state index contributed by atoms with van der Waals surface area (Å²) in [7, 11) is 0. The highest BCUT2D eigenvalue weighted by Crippen LogP contribution is 2.49. The normalized spacial score (nSPS) is 20.6. The molecule has 0 radical (unpaired) electrons. The average molecular weight is 415 g/mol. The fraction of sp³-hybridized carbons (Fsp3) is 0.222. The molecular weight excluding hydrogens is 404 g/mol. The zero-order valence-corrected chi connectivity index (χ0v) is 15.5. The minimum atomic E-state index is -4.48.